The molecule has 1 atom stereocenters. The average Bonchev–Trinajstić information content (AvgIpc) is 2.75. The van der Waals surface area contributed by atoms with Crippen molar-refractivity contribution in [2.45, 2.75) is 24.4 Å². The molecule has 0 saturated heterocycles. The van der Waals surface area contributed by atoms with E-state index in [1.807, 2.05) is 31.2 Å². The molecule has 5 nitrogen and oxygen atoms in total. The molecular formula is C23H20BrCl3N2O3S. The molecule has 33 heavy (non-hydrogen) atoms. The summed E-state index contributed by atoms with van der Waals surface area (Å²) in [5.74, 6) is -0.454. The van der Waals surface area contributed by atoms with Crippen LogP contribution in [0, 0.1) is 0 Å². The van der Waals surface area contributed by atoms with Crippen molar-refractivity contribution in [1.29, 1.82) is 0 Å². The third kappa shape index (κ3) is 6.94. The monoisotopic (exact) mass is 588 g/mol. The first kappa shape index (κ1) is 26.0. The predicted molar refractivity (Wildman–Crippen MR) is 136 cm³/mol. The number of benzene rings is 3. The van der Waals surface area contributed by atoms with Crippen LogP contribution in [0.2, 0.25) is 15.1 Å². The van der Waals surface area contributed by atoms with Gasteiger partial charge in [-0.05, 0) is 66.6 Å². The SMILES string of the molecule is CC(NC(=O)CN(Cc1ccc(Cl)cc1Cl)S(=O)(=O)c1ccc(Cl)cc1)c1cccc(Br)c1. The number of halogens is 4. The number of hydrogen-bond acceptors (Lipinski definition) is 3. The second-order valence-electron chi connectivity index (χ2n) is 7.31. The van der Waals surface area contributed by atoms with Crippen molar-refractivity contribution < 1.29 is 13.2 Å². The molecule has 3 rings (SSSR count). The molecule has 0 aromatic heterocycles. The van der Waals surface area contributed by atoms with Crippen molar-refractivity contribution in [3.8, 4) is 0 Å². The van der Waals surface area contributed by atoms with E-state index in [1.54, 1.807) is 12.1 Å². The molecule has 0 heterocycles. The minimum atomic E-state index is -4.03. The Morgan fingerprint density at radius 2 is 1.67 bits per heavy atom. The summed E-state index contributed by atoms with van der Waals surface area (Å²) in [5, 5.41) is 3.99. The van der Waals surface area contributed by atoms with Gasteiger partial charge in [-0.2, -0.15) is 4.31 Å². The van der Waals surface area contributed by atoms with Crippen LogP contribution in [0.5, 0.6) is 0 Å². The van der Waals surface area contributed by atoms with Crippen molar-refractivity contribution in [3.63, 3.8) is 0 Å². The number of nitrogens with zero attached hydrogens (tertiary/aromatic N) is 1. The van der Waals surface area contributed by atoms with Crippen LogP contribution in [0.15, 0.2) is 76.1 Å². The quantitative estimate of drug-likeness (QED) is 0.327. The predicted octanol–water partition coefficient (Wildman–Crippen LogP) is 6.48. The fraction of sp³-hybridized carbons (Fsp3) is 0.174. The fourth-order valence-electron chi connectivity index (χ4n) is 3.13. The van der Waals surface area contributed by atoms with E-state index in [-0.39, 0.29) is 17.5 Å². The zero-order valence-electron chi connectivity index (χ0n) is 17.4. The maximum absolute atomic E-state index is 13.4. The smallest absolute Gasteiger partial charge is 0.243 e. The summed E-state index contributed by atoms with van der Waals surface area (Å²) in [6, 6.07) is 17.7. The maximum Gasteiger partial charge on any atom is 0.243 e. The van der Waals surface area contributed by atoms with E-state index in [4.69, 9.17) is 34.8 Å². The Balaban J connectivity index is 1.87. The van der Waals surface area contributed by atoms with Gasteiger partial charge in [0.2, 0.25) is 15.9 Å². The number of sulfonamides is 1. The van der Waals surface area contributed by atoms with Crippen LogP contribution in [0.25, 0.3) is 0 Å². The fourth-order valence-corrected chi connectivity index (χ4v) is 5.51. The Hall–Kier alpha value is -1.61. The van der Waals surface area contributed by atoms with Gasteiger partial charge in [-0.15, -0.1) is 0 Å². The van der Waals surface area contributed by atoms with E-state index in [1.165, 1.54) is 30.3 Å². The van der Waals surface area contributed by atoms with Crippen LogP contribution in [0.4, 0.5) is 0 Å². The zero-order chi connectivity index (χ0) is 24.2. The number of amides is 1. The Morgan fingerprint density at radius 1 is 1.00 bits per heavy atom. The summed E-state index contributed by atoms with van der Waals surface area (Å²) in [6.07, 6.45) is 0. The first-order chi connectivity index (χ1) is 15.6. The number of carbonyl (C=O) groups is 1. The number of rotatable bonds is 8. The topological polar surface area (TPSA) is 66.5 Å². The molecule has 10 heteroatoms. The molecule has 174 valence electrons. The lowest BCUT2D eigenvalue weighted by Crippen LogP contribution is -2.41. The summed E-state index contributed by atoms with van der Waals surface area (Å²) < 4.78 is 28.7. The lowest BCUT2D eigenvalue weighted by molar-refractivity contribution is -0.122. The summed E-state index contributed by atoms with van der Waals surface area (Å²) in [6.45, 7) is 1.32. The van der Waals surface area contributed by atoms with Gasteiger partial charge in [-0.25, -0.2) is 8.42 Å². The number of carbonyl (C=O) groups excluding carboxylic acids is 1. The average molecular weight is 591 g/mol. The van der Waals surface area contributed by atoms with Crippen molar-refractivity contribution in [2.24, 2.45) is 0 Å². The van der Waals surface area contributed by atoms with E-state index < -0.39 is 22.5 Å². The van der Waals surface area contributed by atoms with Crippen LogP contribution < -0.4 is 5.32 Å². The molecule has 1 unspecified atom stereocenters. The van der Waals surface area contributed by atoms with Gasteiger partial charge in [-0.3, -0.25) is 4.79 Å². The van der Waals surface area contributed by atoms with Gasteiger partial charge in [0.25, 0.3) is 0 Å². The van der Waals surface area contributed by atoms with Gasteiger partial charge in [0.1, 0.15) is 0 Å². The summed E-state index contributed by atoms with van der Waals surface area (Å²) in [5.41, 5.74) is 1.40. The third-order valence-corrected chi connectivity index (χ3v) is 8.00. The Morgan fingerprint density at radius 3 is 2.30 bits per heavy atom. The molecule has 1 amide bonds. The van der Waals surface area contributed by atoms with Crippen molar-refractivity contribution in [2.75, 3.05) is 6.54 Å². The van der Waals surface area contributed by atoms with Crippen LogP contribution >= 0.6 is 50.7 Å². The molecule has 0 aliphatic rings. The normalized spacial score (nSPS) is 12.5. The molecule has 0 spiro atoms. The molecule has 1 N–H and O–H groups in total. The second kappa shape index (κ2) is 11.2. The lowest BCUT2D eigenvalue weighted by atomic mass is 10.1. The molecule has 3 aromatic carbocycles. The molecule has 0 bridgehead atoms. The van der Waals surface area contributed by atoms with Gasteiger partial charge in [0, 0.05) is 26.1 Å². The molecule has 0 saturated carbocycles. The van der Waals surface area contributed by atoms with Gasteiger partial charge in [-0.1, -0.05) is 68.9 Å². The summed E-state index contributed by atoms with van der Waals surface area (Å²) >= 11 is 21.6. The van der Waals surface area contributed by atoms with Crippen molar-refractivity contribution >= 4 is 66.7 Å². The molecule has 0 aliphatic heterocycles. The Labute approximate surface area is 216 Å². The number of hydrogen-bond donors (Lipinski definition) is 1. The first-order valence-electron chi connectivity index (χ1n) is 9.81. The summed E-state index contributed by atoms with van der Waals surface area (Å²) in [4.78, 5) is 12.9. The van der Waals surface area contributed by atoms with Gasteiger partial charge in [0.15, 0.2) is 0 Å². The van der Waals surface area contributed by atoms with E-state index in [0.717, 1.165) is 14.3 Å². The van der Waals surface area contributed by atoms with Crippen LogP contribution in [0.1, 0.15) is 24.1 Å². The standard InChI is InChI=1S/C23H20BrCl3N2O3S/c1-15(16-3-2-4-18(24)11-16)28-23(30)14-29(13-17-5-6-20(26)12-22(17)27)33(31,32)21-9-7-19(25)8-10-21/h2-12,15H,13-14H2,1H3,(H,28,30). The molecule has 3 aromatic rings. The van der Waals surface area contributed by atoms with Gasteiger partial charge >= 0.3 is 0 Å². The van der Waals surface area contributed by atoms with Gasteiger partial charge < -0.3 is 5.32 Å². The Bertz CT molecular complexity index is 1250. The van der Waals surface area contributed by atoms with Crippen LogP contribution in [-0.4, -0.2) is 25.2 Å². The molecular weight excluding hydrogens is 571 g/mol. The minimum absolute atomic E-state index is 0.0184. The molecule has 0 aliphatic carbocycles. The summed E-state index contributed by atoms with van der Waals surface area (Å²) in [7, 11) is -4.03. The number of nitrogens with one attached hydrogen (secondary N) is 1. The highest BCUT2D eigenvalue weighted by molar-refractivity contribution is 9.10. The van der Waals surface area contributed by atoms with Crippen LogP contribution in [0.3, 0.4) is 0 Å². The lowest BCUT2D eigenvalue weighted by Gasteiger charge is -2.24. The van der Waals surface area contributed by atoms with Gasteiger partial charge in [0.05, 0.1) is 17.5 Å². The first-order valence-corrected chi connectivity index (χ1v) is 13.2. The van der Waals surface area contributed by atoms with E-state index >= 15 is 0 Å². The minimum Gasteiger partial charge on any atom is -0.348 e. The zero-order valence-corrected chi connectivity index (χ0v) is 22.1. The van der Waals surface area contributed by atoms with Crippen LogP contribution in [-0.2, 0) is 21.4 Å². The van der Waals surface area contributed by atoms with Crippen molar-refractivity contribution in [3.05, 3.63) is 97.4 Å². The van der Waals surface area contributed by atoms with E-state index in [2.05, 4.69) is 21.2 Å². The largest absolute Gasteiger partial charge is 0.348 e. The molecule has 0 radical (unpaired) electrons. The van der Waals surface area contributed by atoms with E-state index in [9.17, 15) is 13.2 Å². The highest BCUT2D eigenvalue weighted by Crippen LogP contribution is 2.26. The third-order valence-electron chi connectivity index (χ3n) is 4.86. The highest BCUT2D eigenvalue weighted by Gasteiger charge is 2.28. The second-order valence-corrected chi connectivity index (χ2v) is 11.4. The highest BCUT2D eigenvalue weighted by atomic mass is 79.9. The van der Waals surface area contributed by atoms with Crippen molar-refractivity contribution in [1.82, 2.24) is 9.62 Å². The molecule has 0 fully saturated rings. The Kier molecular flexibility index (Phi) is 8.83. The van der Waals surface area contributed by atoms with E-state index in [0.29, 0.717) is 20.6 Å². The maximum atomic E-state index is 13.4.